The van der Waals surface area contributed by atoms with E-state index in [4.69, 9.17) is 14.3 Å². The summed E-state index contributed by atoms with van der Waals surface area (Å²) in [6.07, 6.45) is 1.18. The van der Waals surface area contributed by atoms with Crippen molar-refractivity contribution in [3.63, 3.8) is 0 Å². The molecule has 1 aromatic carbocycles. The minimum absolute atomic E-state index is 0.0151. The van der Waals surface area contributed by atoms with E-state index in [2.05, 4.69) is 10.3 Å². The number of carbonyl (C=O) groups is 2. The van der Waals surface area contributed by atoms with Crippen molar-refractivity contribution in [1.29, 1.82) is 0 Å². The highest BCUT2D eigenvalue weighted by Gasteiger charge is 2.16. The van der Waals surface area contributed by atoms with Crippen molar-refractivity contribution >= 4 is 17.6 Å². The number of nitrogens with zero attached hydrogens (tertiary/aromatic N) is 1. The fourth-order valence-corrected chi connectivity index (χ4v) is 1.65. The number of hydrogen-bond acceptors (Lipinski definition) is 5. The summed E-state index contributed by atoms with van der Waals surface area (Å²) in [5.41, 5.74) is 0.880. The third-order valence-corrected chi connectivity index (χ3v) is 2.64. The Morgan fingerprint density at radius 3 is 2.70 bits per heavy atom. The average Bonchev–Trinajstić information content (AvgIpc) is 2.84. The fourth-order valence-electron chi connectivity index (χ4n) is 1.65. The predicted octanol–water partition coefficient (Wildman–Crippen LogP) is 1.94. The molecule has 0 radical (unpaired) electrons. The SMILES string of the molecule is COc1cc(NC(=O)c2ocnc2C)ccc1C(=O)O. The van der Waals surface area contributed by atoms with Crippen molar-refractivity contribution in [1.82, 2.24) is 4.98 Å². The molecule has 2 rings (SSSR count). The normalized spacial score (nSPS) is 10.1. The molecule has 2 aromatic rings. The molecule has 0 atom stereocenters. The van der Waals surface area contributed by atoms with Crippen LogP contribution in [0, 0.1) is 6.92 Å². The second kappa shape index (κ2) is 5.43. The van der Waals surface area contributed by atoms with E-state index < -0.39 is 11.9 Å². The van der Waals surface area contributed by atoms with Crippen LogP contribution in [0.5, 0.6) is 5.75 Å². The van der Waals surface area contributed by atoms with Crippen LogP contribution in [0.15, 0.2) is 29.0 Å². The maximum atomic E-state index is 11.9. The molecule has 2 N–H and O–H groups in total. The van der Waals surface area contributed by atoms with E-state index in [1.807, 2.05) is 0 Å². The van der Waals surface area contributed by atoms with E-state index in [9.17, 15) is 9.59 Å². The van der Waals surface area contributed by atoms with Gasteiger partial charge in [0.1, 0.15) is 11.3 Å². The van der Waals surface area contributed by atoms with Gasteiger partial charge in [-0.05, 0) is 19.1 Å². The van der Waals surface area contributed by atoms with Gasteiger partial charge in [-0.3, -0.25) is 4.79 Å². The van der Waals surface area contributed by atoms with Crippen molar-refractivity contribution in [3.05, 3.63) is 41.6 Å². The van der Waals surface area contributed by atoms with Crippen LogP contribution < -0.4 is 10.1 Å². The summed E-state index contributed by atoms with van der Waals surface area (Å²) in [6.45, 7) is 1.65. The highest BCUT2D eigenvalue weighted by Crippen LogP contribution is 2.23. The zero-order valence-electron chi connectivity index (χ0n) is 10.8. The summed E-state index contributed by atoms with van der Waals surface area (Å²) >= 11 is 0. The van der Waals surface area contributed by atoms with Gasteiger partial charge in [0, 0.05) is 11.8 Å². The molecule has 0 aliphatic rings. The summed E-state index contributed by atoms with van der Waals surface area (Å²) in [7, 11) is 1.36. The molecule has 0 aliphatic heterocycles. The molecule has 1 aromatic heterocycles. The first-order valence-electron chi connectivity index (χ1n) is 5.65. The Balaban J connectivity index is 2.24. The van der Waals surface area contributed by atoms with Crippen LogP contribution >= 0.6 is 0 Å². The van der Waals surface area contributed by atoms with Crippen molar-refractivity contribution in [2.75, 3.05) is 12.4 Å². The maximum Gasteiger partial charge on any atom is 0.339 e. The number of aryl methyl sites for hydroxylation is 1. The smallest absolute Gasteiger partial charge is 0.339 e. The maximum absolute atomic E-state index is 11.9. The van der Waals surface area contributed by atoms with Gasteiger partial charge in [0.25, 0.3) is 5.91 Å². The number of hydrogen-bond donors (Lipinski definition) is 2. The lowest BCUT2D eigenvalue weighted by Crippen LogP contribution is -2.12. The molecule has 1 heterocycles. The number of ether oxygens (including phenoxy) is 1. The van der Waals surface area contributed by atoms with E-state index in [0.29, 0.717) is 11.4 Å². The number of aromatic nitrogens is 1. The van der Waals surface area contributed by atoms with Gasteiger partial charge in [-0.25, -0.2) is 9.78 Å². The summed E-state index contributed by atoms with van der Waals surface area (Å²) in [5.74, 6) is -1.31. The minimum atomic E-state index is -1.11. The Bertz CT molecular complexity index is 663. The van der Waals surface area contributed by atoms with Gasteiger partial charge >= 0.3 is 5.97 Å². The lowest BCUT2D eigenvalue weighted by atomic mass is 10.2. The molecule has 0 bridgehead atoms. The monoisotopic (exact) mass is 276 g/mol. The largest absolute Gasteiger partial charge is 0.496 e. The van der Waals surface area contributed by atoms with Crippen LogP contribution in [0.4, 0.5) is 5.69 Å². The standard InChI is InChI=1S/C13H12N2O5/c1-7-11(20-6-14-7)12(16)15-8-3-4-9(13(17)18)10(5-8)19-2/h3-6H,1-2H3,(H,15,16)(H,17,18). The summed E-state index contributed by atoms with van der Waals surface area (Å²) in [6, 6.07) is 4.24. The fraction of sp³-hybridized carbons (Fsp3) is 0.154. The molecule has 7 heteroatoms. The number of oxazole rings is 1. The summed E-state index contributed by atoms with van der Waals surface area (Å²) in [4.78, 5) is 26.7. The van der Waals surface area contributed by atoms with Crippen LogP contribution in [-0.2, 0) is 0 Å². The molecular formula is C13H12N2O5. The minimum Gasteiger partial charge on any atom is -0.496 e. The lowest BCUT2D eigenvalue weighted by molar-refractivity contribution is 0.0693. The van der Waals surface area contributed by atoms with Gasteiger partial charge in [0.2, 0.25) is 5.76 Å². The topological polar surface area (TPSA) is 102 Å². The number of carboxylic acids is 1. The van der Waals surface area contributed by atoms with E-state index in [-0.39, 0.29) is 17.1 Å². The average molecular weight is 276 g/mol. The third kappa shape index (κ3) is 2.61. The molecule has 104 valence electrons. The number of benzene rings is 1. The molecule has 0 fully saturated rings. The van der Waals surface area contributed by atoms with Crippen LogP contribution in [0.1, 0.15) is 26.6 Å². The first kappa shape index (κ1) is 13.6. The number of nitrogens with one attached hydrogen (secondary N) is 1. The van der Waals surface area contributed by atoms with Gasteiger partial charge in [0.15, 0.2) is 6.39 Å². The quantitative estimate of drug-likeness (QED) is 0.884. The predicted molar refractivity (Wildman–Crippen MR) is 69.1 cm³/mol. The van der Waals surface area contributed by atoms with Crippen LogP contribution in [0.3, 0.4) is 0 Å². The number of rotatable bonds is 4. The Labute approximate surface area is 114 Å². The second-order valence-corrected chi connectivity index (χ2v) is 3.94. The van der Waals surface area contributed by atoms with Gasteiger partial charge in [-0.15, -0.1) is 0 Å². The number of amides is 1. The molecule has 7 nitrogen and oxygen atoms in total. The van der Waals surface area contributed by atoms with Crippen molar-refractivity contribution in [3.8, 4) is 5.75 Å². The Morgan fingerprint density at radius 2 is 2.15 bits per heavy atom. The zero-order chi connectivity index (χ0) is 14.7. The summed E-state index contributed by atoms with van der Waals surface area (Å²) < 4.78 is 9.94. The molecule has 0 spiro atoms. The third-order valence-electron chi connectivity index (χ3n) is 2.64. The van der Waals surface area contributed by atoms with Crippen molar-refractivity contribution < 1.29 is 23.8 Å². The van der Waals surface area contributed by atoms with Gasteiger partial charge < -0.3 is 19.6 Å². The molecule has 1 amide bonds. The van der Waals surface area contributed by atoms with Gasteiger partial charge in [-0.1, -0.05) is 0 Å². The Hall–Kier alpha value is -2.83. The van der Waals surface area contributed by atoms with Crippen LogP contribution in [0.25, 0.3) is 0 Å². The lowest BCUT2D eigenvalue weighted by Gasteiger charge is -2.08. The molecule has 20 heavy (non-hydrogen) atoms. The van der Waals surface area contributed by atoms with Crippen LogP contribution in [-0.4, -0.2) is 29.1 Å². The van der Waals surface area contributed by atoms with E-state index >= 15 is 0 Å². The van der Waals surface area contributed by atoms with Gasteiger partial charge in [0.05, 0.1) is 12.8 Å². The Morgan fingerprint density at radius 1 is 1.40 bits per heavy atom. The van der Waals surface area contributed by atoms with E-state index in [0.717, 1.165) is 0 Å². The number of aromatic carboxylic acids is 1. The van der Waals surface area contributed by atoms with Crippen molar-refractivity contribution in [2.24, 2.45) is 0 Å². The molecule has 0 unspecified atom stereocenters. The number of carboxylic acid groups (broad SMARTS) is 1. The highest BCUT2D eigenvalue weighted by molar-refractivity contribution is 6.03. The molecule has 0 saturated carbocycles. The molecular weight excluding hydrogens is 264 g/mol. The number of anilines is 1. The molecule has 0 saturated heterocycles. The molecule has 0 aliphatic carbocycles. The second-order valence-electron chi connectivity index (χ2n) is 3.94. The van der Waals surface area contributed by atoms with E-state index in [1.165, 1.54) is 31.7 Å². The first-order chi connectivity index (χ1) is 9.52. The van der Waals surface area contributed by atoms with Crippen LogP contribution in [0.2, 0.25) is 0 Å². The highest BCUT2D eigenvalue weighted by atomic mass is 16.5. The Kier molecular flexibility index (Phi) is 3.69. The zero-order valence-corrected chi connectivity index (χ0v) is 10.8. The van der Waals surface area contributed by atoms with Gasteiger partial charge in [-0.2, -0.15) is 0 Å². The first-order valence-corrected chi connectivity index (χ1v) is 5.65. The van der Waals surface area contributed by atoms with E-state index in [1.54, 1.807) is 6.92 Å². The van der Waals surface area contributed by atoms with Crippen molar-refractivity contribution in [2.45, 2.75) is 6.92 Å². The number of carbonyl (C=O) groups excluding carboxylic acids is 1. The number of methoxy groups -OCH3 is 1. The summed E-state index contributed by atoms with van der Waals surface area (Å²) in [5, 5.41) is 11.5.